The molecule has 0 unspecified atom stereocenters. The molecule has 0 radical (unpaired) electrons. The molecule has 1 atom stereocenters. The molecule has 3 heterocycles. The molecule has 2 aromatic carbocycles. The molecule has 0 N–H and O–H groups in total. The van der Waals surface area contributed by atoms with Gasteiger partial charge in [0.05, 0.1) is 0 Å². The molecule has 26 heavy (non-hydrogen) atoms. The van der Waals surface area contributed by atoms with E-state index in [4.69, 9.17) is 23.4 Å². The molecule has 2 aliphatic heterocycles. The van der Waals surface area contributed by atoms with Gasteiger partial charge < -0.3 is 23.4 Å². The summed E-state index contributed by atoms with van der Waals surface area (Å²) < 4.78 is 28.1. The van der Waals surface area contributed by atoms with Crippen LogP contribution in [0.4, 0.5) is 0 Å². The van der Waals surface area contributed by atoms with Crippen LogP contribution < -0.4 is 18.9 Å². The summed E-state index contributed by atoms with van der Waals surface area (Å²) in [6.45, 7) is 0.726. The van der Waals surface area contributed by atoms with Crippen molar-refractivity contribution >= 4 is 11.8 Å². The van der Waals surface area contributed by atoms with Crippen LogP contribution in [0, 0.1) is 0 Å². The Labute approximate surface area is 153 Å². The normalized spacial score (nSPS) is 17.3. The number of ether oxygens (including phenoxy) is 4. The van der Waals surface area contributed by atoms with Crippen molar-refractivity contribution < 1.29 is 23.4 Å². The monoisotopic (exact) mass is 370 g/mol. The third-order valence-electron chi connectivity index (χ3n) is 3.99. The lowest BCUT2D eigenvalue weighted by Gasteiger charge is -2.25. The first kappa shape index (κ1) is 15.4. The fourth-order valence-corrected chi connectivity index (χ4v) is 3.45. The molecule has 0 saturated heterocycles. The van der Waals surface area contributed by atoms with Gasteiger partial charge in [0.1, 0.15) is 12.7 Å². The first-order valence-corrected chi connectivity index (χ1v) is 9.08. The van der Waals surface area contributed by atoms with Crippen molar-refractivity contribution in [2.24, 2.45) is 0 Å². The van der Waals surface area contributed by atoms with E-state index in [2.05, 4.69) is 10.2 Å². The Hall–Kier alpha value is -2.87. The minimum Gasteiger partial charge on any atom is -0.486 e. The third-order valence-corrected chi connectivity index (χ3v) is 4.94. The Morgan fingerprint density at radius 2 is 1.77 bits per heavy atom. The number of fused-ring (bicyclic) bond motifs is 2. The first-order chi connectivity index (χ1) is 12.8. The van der Waals surface area contributed by atoms with E-state index in [1.807, 2.05) is 42.5 Å². The molecule has 0 fully saturated rings. The molecule has 0 spiro atoms. The Bertz CT molecular complexity index is 945. The van der Waals surface area contributed by atoms with Crippen LogP contribution in [-0.4, -0.2) is 35.5 Å². The van der Waals surface area contributed by atoms with Gasteiger partial charge in [0, 0.05) is 11.3 Å². The van der Waals surface area contributed by atoms with Crippen molar-refractivity contribution in [2.75, 3.05) is 19.2 Å². The molecule has 0 aliphatic carbocycles. The highest BCUT2D eigenvalue weighted by atomic mass is 32.2. The van der Waals surface area contributed by atoms with Gasteiger partial charge in [-0.15, -0.1) is 10.2 Å². The van der Waals surface area contributed by atoms with E-state index in [0.29, 0.717) is 29.2 Å². The van der Waals surface area contributed by atoms with E-state index in [1.165, 1.54) is 11.8 Å². The van der Waals surface area contributed by atoms with Gasteiger partial charge in [-0.2, -0.15) is 0 Å². The highest BCUT2D eigenvalue weighted by Gasteiger charge is 2.22. The number of benzene rings is 2. The summed E-state index contributed by atoms with van der Waals surface area (Å²) in [6.07, 6.45) is -0.0733. The summed E-state index contributed by atoms with van der Waals surface area (Å²) in [5.74, 6) is 4.03. The lowest BCUT2D eigenvalue weighted by Crippen LogP contribution is -2.31. The number of nitrogens with zero attached hydrogens (tertiary/aromatic N) is 2. The Morgan fingerprint density at radius 1 is 0.923 bits per heavy atom. The predicted molar refractivity (Wildman–Crippen MR) is 92.9 cm³/mol. The molecule has 1 aromatic heterocycles. The Kier molecular flexibility index (Phi) is 3.82. The Morgan fingerprint density at radius 3 is 2.73 bits per heavy atom. The first-order valence-electron chi connectivity index (χ1n) is 8.10. The van der Waals surface area contributed by atoms with E-state index < -0.39 is 0 Å². The molecule has 8 heteroatoms. The molecule has 0 amide bonds. The smallest absolute Gasteiger partial charge is 0.276 e. The van der Waals surface area contributed by atoms with Crippen LogP contribution in [0.3, 0.4) is 0 Å². The number of thioether (sulfide) groups is 1. The molecular formula is C18H14N2O5S. The van der Waals surface area contributed by atoms with Gasteiger partial charge in [-0.25, -0.2) is 0 Å². The molecular weight excluding hydrogens is 356 g/mol. The number of hydrogen-bond acceptors (Lipinski definition) is 8. The van der Waals surface area contributed by atoms with Gasteiger partial charge in [0.15, 0.2) is 23.0 Å². The van der Waals surface area contributed by atoms with Crippen LogP contribution in [0.5, 0.6) is 23.0 Å². The summed E-state index contributed by atoms with van der Waals surface area (Å²) in [7, 11) is 0. The van der Waals surface area contributed by atoms with E-state index in [1.54, 1.807) is 0 Å². The van der Waals surface area contributed by atoms with Gasteiger partial charge in [-0.05, 0) is 30.3 Å². The fraction of sp³-hybridized carbons (Fsp3) is 0.222. The predicted octanol–water partition coefficient (Wildman–Crippen LogP) is 3.40. The van der Waals surface area contributed by atoms with Crippen molar-refractivity contribution in [3.63, 3.8) is 0 Å². The van der Waals surface area contributed by atoms with Crippen LogP contribution in [0.1, 0.15) is 0 Å². The van der Waals surface area contributed by atoms with Crippen LogP contribution in [0.25, 0.3) is 11.5 Å². The largest absolute Gasteiger partial charge is 0.486 e. The standard InChI is InChI=1S/C18H14N2O5S/c1-2-4-15-13(3-1)21-8-12(24-15)9-26-18-20-19-17(25-18)11-5-6-14-16(7-11)23-10-22-14/h1-7,12H,8-10H2/t12-/m0/s1. The van der Waals surface area contributed by atoms with Crippen LogP contribution in [-0.2, 0) is 0 Å². The number of para-hydroxylation sites is 2. The summed E-state index contributed by atoms with van der Waals surface area (Å²) in [5.41, 5.74) is 0.791. The quantitative estimate of drug-likeness (QED) is 0.647. The average Bonchev–Trinajstić information content (AvgIpc) is 3.35. The van der Waals surface area contributed by atoms with Crippen molar-refractivity contribution in [2.45, 2.75) is 11.3 Å². The maximum Gasteiger partial charge on any atom is 0.276 e. The molecule has 2 aliphatic rings. The van der Waals surface area contributed by atoms with E-state index in [0.717, 1.165) is 22.8 Å². The lowest BCUT2D eigenvalue weighted by molar-refractivity contribution is 0.107. The molecule has 0 bridgehead atoms. The van der Waals surface area contributed by atoms with Crippen molar-refractivity contribution in [3.05, 3.63) is 42.5 Å². The number of aromatic nitrogens is 2. The van der Waals surface area contributed by atoms with Crippen LogP contribution >= 0.6 is 11.8 Å². The van der Waals surface area contributed by atoms with Gasteiger partial charge in [0.2, 0.25) is 12.7 Å². The third kappa shape index (κ3) is 2.92. The molecule has 132 valence electrons. The second-order valence-corrected chi connectivity index (χ2v) is 6.72. The molecule has 5 rings (SSSR count). The van der Waals surface area contributed by atoms with Gasteiger partial charge in [-0.1, -0.05) is 23.9 Å². The zero-order valence-electron chi connectivity index (χ0n) is 13.6. The number of hydrogen-bond donors (Lipinski definition) is 0. The SMILES string of the molecule is c1ccc2c(c1)OC[C@@H](CSc1nnc(-c3ccc4c(c3)OCO4)o1)O2. The van der Waals surface area contributed by atoms with Crippen molar-refractivity contribution in [1.82, 2.24) is 10.2 Å². The van der Waals surface area contributed by atoms with Crippen LogP contribution in [0.15, 0.2) is 52.1 Å². The highest BCUT2D eigenvalue weighted by molar-refractivity contribution is 7.99. The van der Waals surface area contributed by atoms with E-state index in [-0.39, 0.29) is 12.9 Å². The maximum atomic E-state index is 5.93. The molecule has 3 aromatic rings. The van der Waals surface area contributed by atoms with Gasteiger partial charge in [-0.3, -0.25) is 0 Å². The minimum atomic E-state index is -0.0733. The fourth-order valence-electron chi connectivity index (χ4n) is 2.72. The average molecular weight is 370 g/mol. The zero-order valence-corrected chi connectivity index (χ0v) is 14.4. The second kappa shape index (κ2) is 6.45. The van der Waals surface area contributed by atoms with Crippen molar-refractivity contribution in [3.8, 4) is 34.5 Å². The summed E-state index contributed by atoms with van der Waals surface area (Å²) in [5, 5.41) is 8.68. The summed E-state index contributed by atoms with van der Waals surface area (Å²) in [6, 6.07) is 13.2. The molecule has 0 saturated carbocycles. The summed E-state index contributed by atoms with van der Waals surface area (Å²) >= 11 is 1.44. The van der Waals surface area contributed by atoms with Gasteiger partial charge >= 0.3 is 0 Å². The second-order valence-electron chi connectivity index (χ2n) is 5.75. The number of rotatable bonds is 4. The zero-order chi connectivity index (χ0) is 17.3. The highest BCUT2D eigenvalue weighted by Crippen LogP contribution is 2.36. The molecule has 7 nitrogen and oxygen atoms in total. The topological polar surface area (TPSA) is 75.8 Å². The van der Waals surface area contributed by atoms with E-state index in [9.17, 15) is 0 Å². The van der Waals surface area contributed by atoms with Crippen LogP contribution in [0.2, 0.25) is 0 Å². The van der Waals surface area contributed by atoms with Gasteiger partial charge in [0.25, 0.3) is 5.22 Å². The minimum absolute atomic E-state index is 0.0733. The summed E-state index contributed by atoms with van der Waals surface area (Å²) in [4.78, 5) is 0. The van der Waals surface area contributed by atoms with Crippen molar-refractivity contribution in [1.29, 1.82) is 0 Å². The lowest BCUT2D eigenvalue weighted by atomic mass is 10.2. The Balaban J connectivity index is 1.24. The maximum absolute atomic E-state index is 5.93. The van der Waals surface area contributed by atoms with E-state index >= 15 is 0 Å².